The number of nitrogens with zero attached hydrogens (tertiary/aromatic N) is 1. The van der Waals surface area contributed by atoms with E-state index in [1.54, 1.807) is 0 Å². The molecular formula is C15H21IN2O2. The topological polar surface area (TPSA) is 41.6 Å². The molecule has 0 saturated carbocycles. The van der Waals surface area contributed by atoms with Crippen LogP contribution < -0.4 is 5.32 Å². The first-order valence-corrected chi connectivity index (χ1v) is 8.12. The van der Waals surface area contributed by atoms with Gasteiger partial charge in [-0.1, -0.05) is 19.1 Å². The van der Waals surface area contributed by atoms with E-state index in [1.165, 1.54) is 9.13 Å². The Kier molecular flexibility index (Phi) is 6.25. The van der Waals surface area contributed by atoms with Gasteiger partial charge >= 0.3 is 0 Å². The molecule has 1 N–H and O–H groups in total. The molecule has 1 aliphatic rings. The van der Waals surface area contributed by atoms with Crippen molar-refractivity contribution in [2.75, 3.05) is 26.3 Å². The standard InChI is InChI=1S/C15H21IN2O2/c1-2-7-17-15(19)14-11-20-9-8-18(14)10-12-3-5-13(16)6-4-12/h3-6,14H,2,7-11H2,1H3,(H,17,19). The highest BCUT2D eigenvalue weighted by molar-refractivity contribution is 14.1. The predicted molar refractivity (Wildman–Crippen MR) is 87.5 cm³/mol. The third-order valence-electron chi connectivity index (χ3n) is 3.39. The quantitative estimate of drug-likeness (QED) is 0.785. The zero-order valence-corrected chi connectivity index (χ0v) is 13.9. The summed E-state index contributed by atoms with van der Waals surface area (Å²) < 4.78 is 6.69. The van der Waals surface area contributed by atoms with Crippen molar-refractivity contribution >= 4 is 28.5 Å². The van der Waals surface area contributed by atoms with E-state index < -0.39 is 0 Å². The molecule has 0 aliphatic carbocycles. The van der Waals surface area contributed by atoms with Crippen molar-refractivity contribution in [1.29, 1.82) is 0 Å². The van der Waals surface area contributed by atoms with Crippen LogP contribution in [0.25, 0.3) is 0 Å². The number of hydrogen-bond donors (Lipinski definition) is 1. The summed E-state index contributed by atoms with van der Waals surface area (Å²) in [5, 5.41) is 2.97. The molecule has 0 bridgehead atoms. The van der Waals surface area contributed by atoms with Crippen molar-refractivity contribution in [1.82, 2.24) is 10.2 Å². The second-order valence-electron chi connectivity index (χ2n) is 4.98. The fraction of sp³-hybridized carbons (Fsp3) is 0.533. The van der Waals surface area contributed by atoms with E-state index in [9.17, 15) is 4.79 Å². The molecule has 1 aliphatic heterocycles. The lowest BCUT2D eigenvalue weighted by Gasteiger charge is -2.34. The Balaban J connectivity index is 1.99. The van der Waals surface area contributed by atoms with Crippen molar-refractivity contribution in [3.8, 4) is 0 Å². The van der Waals surface area contributed by atoms with Crippen molar-refractivity contribution in [2.45, 2.75) is 25.9 Å². The minimum Gasteiger partial charge on any atom is -0.378 e. The maximum Gasteiger partial charge on any atom is 0.239 e. The molecule has 0 spiro atoms. The molecule has 1 aromatic carbocycles. The van der Waals surface area contributed by atoms with Gasteiger partial charge in [-0.2, -0.15) is 0 Å². The first-order chi connectivity index (χ1) is 9.70. The lowest BCUT2D eigenvalue weighted by atomic mass is 10.1. The summed E-state index contributed by atoms with van der Waals surface area (Å²) in [5.41, 5.74) is 1.24. The summed E-state index contributed by atoms with van der Waals surface area (Å²) in [5.74, 6) is 0.0806. The Morgan fingerprint density at radius 1 is 1.45 bits per heavy atom. The van der Waals surface area contributed by atoms with Crippen LogP contribution in [0.15, 0.2) is 24.3 Å². The van der Waals surface area contributed by atoms with E-state index in [0.717, 1.165) is 26.1 Å². The van der Waals surface area contributed by atoms with Gasteiger partial charge in [0.2, 0.25) is 5.91 Å². The number of nitrogens with one attached hydrogen (secondary N) is 1. The third kappa shape index (κ3) is 4.43. The number of ether oxygens (including phenoxy) is 1. The lowest BCUT2D eigenvalue weighted by Crippen LogP contribution is -2.53. The number of carbonyl (C=O) groups is 1. The molecule has 1 unspecified atom stereocenters. The maximum absolute atomic E-state index is 12.2. The fourth-order valence-corrected chi connectivity index (χ4v) is 2.62. The van der Waals surface area contributed by atoms with Gasteiger partial charge in [-0.25, -0.2) is 0 Å². The van der Waals surface area contributed by atoms with Crippen LogP contribution in [0.5, 0.6) is 0 Å². The summed E-state index contributed by atoms with van der Waals surface area (Å²) in [6.07, 6.45) is 0.955. The Hall–Kier alpha value is -0.660. The first kappa shape index (κ1) is 15.7. The zero-order valence-electron chi connectivity index (χ0n) is 11.8. The van der Waals surface area contributed by atoms with E-state index in [-0.39, 0.29) is 11.9 Å². The summed E-state index contributed by atoms with van der Waals surface area (Å²) in [4.78, 5) is 14.4. The van der Waals surface area contributed by atoms with Gasteiger partial charge in [0.05, 0.1) is 13.2 Å². The van der Waals surface area contributed by atoms with Gasteiger partial charge in [-0.05, 0) is 46.7 Å². The van der Waals surface area contributed by atoms with Crippen LogP contribution in [0.4, 0.5) is 0 Å². The average Bonchev–Trinajstić information content (AvgIpc) is 2.48. The van der Waals surface area contributed by atoms with Gasteiger partial charge in [0, 0.05) is 23.2 Å². The SMILES string of the molecule is CCCNC(=O)C1COCCN1Cc1ccc(I)cc1. The van der Waals surface area contributed by atoms with Crippen molar-refractivity contribution in [3.05, 3.63) is 33.4 Å². The Bertz CT molecular complexity index is 436. The number of rotatable bonds is 5. The van der Waals surface area contributed by atoms with E-state index in [2.05, 4.69) is 64.0 Å². The molecule has 2 rings (SSSR count). The second kappa shape index (κ2) is 7.95. The van der Waals surface area contributed by atoms with E-state index in [4.69, 9.17) is 4.74 Å². The van der Waals surface area contributed by atoms with E-state index in [1.807, 2.05) is 0 Å². The normalized spacial score (nSPS) is 19.8. The van der Waals surface area contributed by atoms with Crippen LogP contribution in [0.3, 0.4) is 0 Å². The van der Waals surface area contributed by atoms with E-state index in [0.29, 0.717) is 13.2 Å². The van der Waals surface area contributed by atoms with Crippen LogP contribution in [0.1, 0.15) is 18.9 Å². The van der Waals surface area contributed by atoms with Gasteiger partial charge in [0.25, 0.3) is 0 Å². The number of morpholine rings is 1. The molecule has 20 heavy (non-hydrogen) atoms. The highest BCUT2D eigenvalue weighted by atomic mass is 127. The minimum absolute atomic E-state index is 0.0806. The number of benzene rings is 1. The molecule has 4 nitrogen and oxygen atoms in total. The molecule has 1 fully saturated rings. The average molecular weight is 388 g/mol. The predicted octanol–water partition coefficient (Wildman–Crippen LogP) is 2.02. The molecule has 0 radical (unpaired) electrons. The van der Waals surface area contributed by atoms with Crippen LogP contribution in [0, 0.1) is 3.57 Å². The molecule has 1 aromatic rings. The first-order valence-electron chi connectivity index (χ1n) is 7.04. The molecule has 5 heteroatoms. The Morgan fingerprint density at radius 2 is 2.20 bits per heavy atom. The van der Waals surface area contributed by atoms with Crippen LogP contribution >= 0.6 is 22.6 Å². The maximum atomic E-state index is 12.2. The largest absolute Gasteiger partial charge is 0.378 e. The zero-order chi connectivity index (χ0) is 14.4. The monoisotopic (exact) mass is 388 g/mol. The highest BCUT2D eigenvalue weighted by Crippen LogP contribution is 2.14. The minimum atomic E-state index is -0.172. The molecule has 1 amide bonds. The summed E-state index contributed by atoms with van der Waals surface area (Å²) >= 11 is 2.30. The van der Waals surface area contributed by atoms with Crippen molar-refractivity contribution in [2.24, 2.45) is 0 Å². The van der Waals surface area contributed by atoms with Crippen LogP contribution in [-0.2, 0) is 16.1 Å². The molecule has 0 aromatic heterocycles. The van der Waals surface area contributed by atoms with Crippen LogP contribution in [0.2, 0.25) is 0 Å². The number of amides is 1. The number of hydrogen-bond acceptors (Lipinski definition) is 3. The smallest absolute Gasteiger partial charge is 0.239 e. The van der Waals surface area contributed by atoms with E-state index >= 15 is 0 Å². The molecule has 1 atom stereocenters. The summed E-state index contributed by atoms with van der Waals surface area (Å²) in [6, 6.07) is 8.27. The second-order valence-corrected chi connectivity index (χ2v) is 6.22. The highest BCUT2D eigenvalue weighted by Gasteiger charge is 2.28. The van der Waals surface area contributed by atoms with Gasteiger partial charge in [0.1, 0.15) is 6.04 Å². The lowest BCUT2D eigenvalue weighted by molar-refractivity contribution is -0.132. The van der Waals surface area contributed by atoms with Gasteiger partial charge in [0.15, 0.2) is 0 Å². The molecular weight excluding hydrogens is 367 g/mol. The molecule has 1 heterocycles. The van der Waals surface area contributed by atoms with Gasteiger partial charge in [-0.15, -0.1) is 0 Å². The van der Waals surface area contributed by atoms with Crippen molar-refractivity contribution in [3.63, 3.8) is 0 Å². The number of halogens is 1. The summed E-state index contributed by atoms with van der Waals surface area (Å²) in [7, 11) is 0. The van der Waals surface area contributed by atoms with Gasteiger partial charge < -0.3 is 10.1 Å². The number of carbonyl (C=O) groups excluding carboxylic acids is 1. The Labute approximate surface area is 134 Å². The Morgan fingerprint density at radius 3 is 2.90 bits per heavy atom. The third-order valence-corrected chi connectivity index (χ3v) is 4.11. The fourth-order valence-electron chi connectivity index (χ4n) is 2.26. The molecule has 110 valence electrons. The van der Waals surface area contributed by atoms with Gasteiger partial charge in [-0.3, -0.25) is 9.69 Å². The molecule has 1 saturated heterocycles. The van der Waals surface area contributed by atoms with Crippen molar-refractivity contribution < 1.29 is 9.53 Å². The van der Waals surface area contributed by atoms with Crippen LogP contribution in [-0.4, -0.2) is 43.2 Å². The summed E-state index contributed by atoms with van der Waals surface area (Å²) in [6.45, 7) is 5.57.